The molecule has 0 spiro atoms. The number of likely N-dealkylation sites (tertiary alicyclic amines) is 1. The first-order valence-corrected chi connectivity index (χ1v) is 11.1. The highest BCUT2D eigenvalue weighted by molar-refractivity contribution is 6.05. The lowest BCUT2D eigenvalue weighted by atomic mass is 10.0. The van der Waals surface area contributed by atoms with Gasteiger partial charge >= 0.3 is 18.1 Å². The molecule has 0 unspecified atom stereocenters. The Morgan fingerprint density at radius 1 is 1.12 bits per heavy atom. The Labute approximate surface area is 191 Å². The van der Waals surface area contributed by atoms with Crippen LogP contribution in [0.15, 0.2) is 18.2 Å². The van der Waals surface area contributed by atoms with E-state index >= 15 is 0 Å². The van der Waals surface area contributed by atoms with Crippen LogP contribution >= 0.6 is 0 Å². The lowest BCUT2D eigenvalue weighted by molar-refractivity contribution is -0.171. The molecule has 0 radical (unpaired) electrons. The molecule has 33 heavy (non-hydrogen) atoms. The topological polar surface area (TPSA) is 68.3 Å². The van der Waals surface area contributed by atoms with Crippen LogP contribution in [0.5, 0.6) is 5.75 Å². The van der Waals surface area contributed by atoms with Gasteiger partial charge in [0.1, 0.15) is 17.5 Å². The van der Waals surface area contributed by atoms with Crippen molar-refractivity contribution in [2.45, 2.75) is 64.0 Å². The number of carbonyl (C=O) groups is 2. The molecule has 2 fully saturated rings. The van der Waals surface area contributed by atoms with Crippen molar-refractivity contribution >= 4 is 17.6 Å². The summed E-state index contributed by atoms with van der Waals surface area (Å²) >= 11 is 0. The van der Waals surface area contributed by atoms with Crippen LogP contribution < -0.4 is 9.64 Å². The van der Waals surface area contributed by atoms with Crippen LogP contribution in [-0.2, 0) is 14.3 Å². The number of carbonyl (C=O) groups excluding carboxylic acids is 2. The van der Waals surface area contributed by atoms with E-state index in [4.69, 9.17) is 14.2 Å². The fraction of sp³-hybridized carbons (Fsp3) is 0.652. The normalized spacial score (nSPS) is 20.5. The zero-order chi connectivity index (χ0) is 24.4. The third-order valence-electron chi connectivity index (χ3n) is 5.52. The van der Waals surface area contributed by atoms with Crippen molar-refractivity contribution in [1.82, 2.24) is 4.90 Å². The number of ether oxygens (including phenoxy) is 3. The molecule has 1 amide bonds. The fourth-order valence-electron chi connectivity index (χ4n) is 4.02. The molecule has 184 valence electrons. The van der Waals surface area contributed by atoms with Crippen LogP contribution in [-0.4, -0.2) is 74.1 Å². The van der Waals surface area contributed by atoms with Gasteiger partial charge in [-0.15, -0.1) is 0 Å². The SMILES string of the molecule is CN1CC[C@H](Oc2ccc(C(=O)OC(C)(C)C)c(N(C(=O)C(F)(F)F)C3CCOCC3)c2)C1. The number of anilines is 1. The summed E-state index contributed by atoms with van der Waals surface area (Å²) in [5, 5.41) is 0. The monoisotopic (exact) mass is 472 g/mol. The molecule has 0 N–H and O–H groups in total. The fourth-order valence-corrected chi connectivity index (χ4v) is 4.02. The number of nitrogens with zero attached hydrogens (tertiary/aromatic N) is 2. The maximum Gasteiger partial charge on any atom is 0.471 e. The molecule has 1 atom stereocenters. The summed E-state index contributed by atoms with van der Waals surface area (Å²) in [6.45, 7) is 6.95. The summed E-state index contributed by atoms with van der Waals surface area (Å²) in [5.41, 5.74) is -1.15. The molecule has 2 aliphatic rings. The van der Waals surface area contributed by atoms with Crippen molar-refractivity contribution in [3.63, 3.8) is 0 Å². The van der Waals surface area contributed by atoms with Gasteiger partial charge in [-0.1, -0.05) is 0 Å². The second-order valence-corrected chi connectivity index (χ2v) is 9.49. The Hall–Kier alpha value is -2.33. The lowest BCUT2D eigenvalue weighted by Gasteiger charge is -2.36. The summed E-state index contributed by atoms with van der Waals surface area (Å²) in [4.78, 5) is 28.3. The van der Waals surface area contributed by atoms with E-state index in [9.17, 15) is 22.8 Å². The molecule has 0 bridgehead atoms. The van der Waals surface area contributed by atoms with Crippen LogP contribution in [0.2, 0.25) is 0 Å². The lowest BCUT2D eigenvalue weighted by Crippen LogP contribution is -2.50. The number of esters is 1. The predicted molar refractivity (Wildman–Crippen MR) is 116 cm³/mol. The first-order chi connectivity index (χ1) is 15.3. The minimum atomic E-state index is -5.12. The number of amides is 1. The number of hydrogen-bond donors (Lipinski definition) is 0. The first kappa shape index (κ1) is 25.3. The van der Waals surface area contributed by atoms with Crippen molar-refractivity contribution in [3.8, 4) is 5.75 Å². The summed E-state index contributed by atoms with van der Waals surface area (Å²) in [7, 11) is 1.95. The highest BCUT2D eigenvalue weighted by Crippen LogP contribution is 2.35. The second-order valence-electron chi connectivity index (χ2n) is 9.49. The molecule has 2 saturated heterocycles. The molecule has 10 heteroatoms. The highest BCUT2D eigenvalue weighted by atomic mass is 19.4. The van der Waals surface area contributed by atoms with E-state index in [1.165, 1.54) is 18.2 Å². The van der Waals surface area contributed by atoms with Gasteiger partial charge in [0.25, 0.3) is 0 Å². The van der Waals surface area contributed by atoms with Crippen LogP contribution in [0.3, 0.4) is 0 Å². The number of hydrogen-bond acceptors (Lipinski definition) is 6. The van der Waals surface area contributed by atoms with Gasteiger partial charge in [-0.25, -0.2) is 4.79 Å². The minimum absolute atomic E-state index is 0.120. The number of halogens is 3. The van der Waals surface area contributed by atoms with Gasteiger partial charge in [0.15, 0.2) is 0 Å². The van der Waals surface area contributed by atoms with Crippen LogP contribution in [0.1, 0.15) is 50.4 Å². The summed E-state index contributed by atoms with van der Waals surface area (Å²) < 4.78 is 57.6. The standard InChI is InChI=1S/C23H31F3N2O5/c1-22(2,3)33-20(29)18-6-5-16(32-17-7-10-27(4)14-17)13-19(18)28(21(30)23(24,25)26)15-8-11-31-12-9-15/h5-6,13,15,17H,7-12,14H2,1-4H3/t17-/m0/s1. The van der Waals surface area contributed by atoms with Crippen LogP contribution in [0.25, 0.3) is 0 Å². The van der Waals surface area contributed by atoms with E-state index in [2.05, 4.69) is 4.90 Å². The molecule has 0 aliphatic carbocycles. The molecule has 1 aromatic rings. The Morgan fingerprint density at radius 2 is 1.79 bits per heavy atom. The molecule has 7 nitrogen and oxygen atoms in total. The third-order valence-corrected chi connectivity index (χ3v) is 5.52. The number of rotatable bonds is 5. The largest absolute Gasteiger partial charge is 0.489 e. The molecule has 3 rings (SSSR count). The van der Waals surface area contributed by atoms with Gasteiger partial charge in [-0.05, 0) is 59.2 Å². The predicted octanol–water partition coefficient (Wildman–Crippen LogP) is 3.80. The zero-order valence-electron chi connectivity index (χ0n) is 19.4. The molecule has 2 aliphatic heterocycles. The summed E-state index contributed by atoms with van der Waals surface area (Å²) in [5.74, 6) is -2.54. The van der Waals surface area contributed by atoms with Gasteiger partial charge in [0.2, 0.25) is 0 Å². The quantitative estimate of drug-likeness (QED) is 0.608. The average molecular weight is 473 g/mol. The van der Waals surface area contributed by atoms with E-state index in [0.29, 0.717) is 17.2 Å². The molecule has 2 heterocycles. The molecular weight excluding hydrogens is 441 g/mol. The van der Waals surface area contributed by atoms with E-state index in [-0.39, 0.29) is 43.4 Å². The van der Waals surface area contributed by atoms with Crippen LogP contribution in [0.4, 0.5) is 18.9 Å². The van der Waals surface area contributed by atoms with Gasteiger partial charge < -0.3 is 24.0 Å². The van der Waals surface area contributed by atoms with Crippen LogP contribution in [0, 0.1) is 0 Å². The van der Waals surface area contributed by atoms with E-state index < -0.39 is 29.7 Å². The number of alkyl halides is 3. The summed E-state index contributed by atoms with van der Waals surface area (Å²) in [6.07, 6.45) is -4.05. The van der Waals surface area contributed by atoms with E-state index in [1.54, 1.807) is 20.8 Å². The first-order valence-electron chi connectivity index (χ1n) is 11.1. The Morgan fingerprint density at radius 3 is 2.33 bits per heavy atom. The third kappa shape index (κ3) is 6.60. The molecule has 1 aromatic carbocycles. The Kier molecular flexibility index (Phi) is 7.58. The number of benzene rings is 1. The average Bonchev–Trinajstić information content (AvgIpc) is 3.11. The molecule has 0 saturated carbocycles. The molecular formula is C23H31F3N2O5. The Balaban J connectivity index is 2.05. The van der Waals surface area contributed by atoms with Gasteiger partial charge in [-0.2, -0.15) is 13.2 Å². The van der Waals surface area contributed by atoms with Crippen molar-refractivity contribution in [3.05, 3.63) is 23.8 Å². The van der Waals surface area contributed by atoms with Gasteiger partial charge in [0, 0.05) is 38.4 Å². The Bertz CT molecular complexity index is 863. The number of likely N-dealkylation sites (N-methyl/N-ethyl adjacent to an activating group) is 1. The summed E-state index contributed by atoms with van der Waals surface area (Å²) in [6, 6.07) is 3.47. The van der Waals surface area contributed by atoms with Crippen molar-refractivity contribution in [2.75, 3.05) is 38.3 Å². The minimum Gasteiger partial charge on any atom is -0.489 e. The van der Waals surface area contributed by atoms with Gasteiger partial charge in [-0.3, -0.25) is 4.79 Å². The maximum absolute atomic E-state index is 13.6. The molecule has 0 aromatic heterocycles. The van der Waals surface area contributed by atoms with E-state index in [1.807, 2.05) is 7.05 Å². The van der Waals surface area contributed by atoms with E-state index in [0.717, 1.165) is 13.0 Å². The smallest absolute Gasteiger partial charge is 0.471 e. The van der Waals surface area contributed by atoms with Crippen molar-refractivity contribution in [2.24, 2.45) is 0 Å². The van der Waals surface area contributed by atoms with Crippen molar-refractivity contribution in [1.29, 1.82) is 0 Å². The van der Waals surface area contributed by atoms with Crippen molar-refractivity contribution < 1.29 is 37.0 Å². The second kappa shape index (κ2) is 9.89. The highest BCUT2D eigenvalue weighted by Gasteiger charge is 2.46. The zero-order valence-corrected chi connectivity index (χ0v) is 19.4. The van der Waals surface area contributed by atoms with Gasteiger partial charge in [0.05, 0.1) is 11.3 Å². The maximum atomic E-state index is 13.6.